The Balaban J connectivity index is 1.89. The minimum Gasteiger partial charge on any atom is -0.438 e. The van der Waals surface area contributed by atoms with E-state index in [0.717, 1.165) is 20.0 Å². The van der Waals surface area contributed by atoms with E-state index < -0.39 is 43.4 Å². The summed E-state index contributed by atoms with van der Waals surface area (Å²) in [6, 6.07) is 4.94. The van der Waals surface area contributed by atoms with Gasteiger partial charge < -0.3 is 15.0 Å². The van der Waals surface area contributed by atoms with Crippen LogP contribution in [0, 0.1) is 5.82 Å². The number of amidine groups is 1. The van der Waals surface area contributed by atoms with Crippen LogP contribution in [-0.4, -0.2) is 54.5 Å². The molecule has 16 heteroatoms. The molecule has 2 N–H and O–H groups in total. The Morgan fingerprint density at radius 2 is 1.85 bits per heavy atom. The number of halogens is 5. The van der Waals surface area contributed by atoms with E-state index in [4.69, 9.17) is 26.6 Å². The molecule has 0 saturated heterocycles. The number of alkyl halides is 3. The lowest BCUT2D eigenvalue weighted by atomic mass is 9.90. The van der Waals surface area contributed by atoms with E-state index in [0.29, 0.717) is 5.02 Å². The molecule has 0 fully saturated rings. The highest BCUT2D eigenvalue weighted by atomic mass is 35.5. The minimum absolute atomic E-state index is 0.103. The van der Waals surface area contributed by atoms with Crippen LogP contribution < -0.4 is 5.73 Å². The Kier molecular flexibility index (Phi) is 6.96. The number of nitrogens with zero attached hydrogens (tertiary/aromatic N) is 5. The first-order chi connectivity index (χ1) is 18.0. The van der Waals surface area contributed by atoms with E-state index >= 15 is 4.39 Å². The second kappa shape index (κ2) is 9.55. The molecule has 3 heterocycles. The number of nitrogens with two attached hydrogens (primary N) is 1. The lowest BCUT2D eigenvalue weighted by Gasteiger charge is -2.45. The van der Waals surface area contributed by atoms with Gasteiger partial charge in [-0.2, -0.15) is 13.2 Å². The third-order valence-electron chi connectivity index (χ3n) is 6.32. The summed E-state index contributed by atoms with van der Waals surface area (Å²) < 4.78 is 81.5. The van der Waals surface area contributed by atoms with Crippen molar-refractivity contribution in [3.63, 3.8) is 0 Å². The molecule has 1 aliphatic rings. The molecule has 10 nitrogen and oxygen atoms in total. The summed E-state index contributed by atoms with van der Waals surface area (Å²) in [6.45, 7) is 3.82. The fourth-order valence-electron chi connectivity index (χ4n) is 4.05. The van der Waals surface area contributed by atoms with Crippen LogP contribution in [0.15, 0.2) is 50.5 Å². The number of rotatable bonds is 4. The van der Waals surface area contributed by atoms with Gasteiger partial charge in [-0.1, -0.05) is 16.8 Å². The van der Waals surface area contributed by atoms with Crippen LogP contribution in [0.2, 0.25) is 5.02 Å². The zero-order chi connectivity index (χ0) is 29.0. The molecule has 1 aromatic carbocycles. The number of aliphatic imine (C=N–C) groups is 1. The van der Waals surface area contributed by atoms with Gasteiger partial charge in [0.15, 0.2) is 17.3 Å². The Morgan fingerprint density at radius 3 is 2.44 bits per heavy atom. The molecule has 208 valence electrons. The van der Waals surface area contributed by atoms with Crippen molar-refractivity contribution in [3.8, 4) is 22.8 Å². The number of aromatic nitrogens is 3. The molecule has 0 saturated carbocycles. The van der Waals surface area contributed by atoms with Gasteiger partial charge in [-0.05, 0) is 39.0 Å². The van der Waals surface area contributed by atoms with Gasteiger partial charge in [0, 0.05) is 36.6 Å². The van der Waals surface area contributed by atoms with Gasteiger partial charge in [0.25, 0.3) is 0 Å². The molecule has 3 atom stereocenters. The van der Waals surface area contributed by atoms with E-state index in [1.807, 2.05) is 0 Å². The number of hydrogen-bond donors (Lipinski definition) is 1. The predicted octanol–water partition coefficient (Wildman–Crippen LogP) is 4.49. The highest BCUT2D eigenvalue weighted by molar-refractivity contribution is 7.96. The molecular formula is C23H21ClF4N6O4S. The third-order valence-corrected chi connectivity index (χ3v) is 9.87. The highest BCUT2D eigenvalue weighted by Gasteiger charge is 2.59. The standard InChI is InChI=1S/C23H21ClF4N6O4S/c1-21(2)18(29)33-22(3,20(39(21,36)30-4)37-19(35)23(26,27)28)13-7-11(5-6-14(13)25)16-8-15(34-38-16)17-31-9-12(24)10-32-17/h5-10,20H,1-4H3,(H2,29,33)/t20?,22-,39+/m1/s1. The number of hydrogen-bond acceptors (Lipinski definition) is 10. The lowest BCUT2D eigenvalue weighted by molar-refractivity contribution is -0.203. The molecule has 0 spiro atoms. The van der Waals surface area contributed by atoms with Crippen LogP contribution >= 0.6 is 11.6 Å². The van der Waals surface area contributed by atoms with Gasteiger partial charge in [-0.15, -0.1) is 0 Å². The van der Waals surface area contributed by atoms with Crippen molar-refractivity contribution in [2.24, 2.45) is 15.1 Å². The monoisotopic (exact) mass is 588 g/mol. The molecule has 0 radical (unpaired) electrons. The van der Waals surface area contributed by atoms with E-state index in [2.05, 4.69) is 24.5 Å². The van der Waals surface area contributed by atoms with Gasteiger partial charge in [-0.3, -0.25) is 4.99 Å². The summed E-state index contributed by atoms with van der Waals surface area (Å²) in [7, 11) is -2.86. The van der Waals surface area contributed by atoms with Crippen LogP contribution in [0.25, 0.3) is 22.8 Å². The minimum atomic E-state index is -5.44. The fraction of sp³-hybridized carbons (Fsp3) is 0.348. The summed E-state index contributed by atoms with van der Waals surface area (Å²) >= 11 is 5.80. The summed E-state index contributed by atoms with van der Waals surface area (Å²) in [6.07, 6.45) is -2.74. The molecule has 0 bridgehead atoms. The number of esters is 1. The van der Waals surface area contributed by atoms with E-state index in [9.17, 15) is 22.2 Å². The second-order valence-corrected chi connectivity index (χ2v) is 12.5. The molecule has 39 heavy (non-hydrogen) atoms. The van der Waals surface area contributed by atoms with Crippen molar-refractivity contribution in [3.05, 3.63) is 53.1 Å². The van der Waals surface area contributed by atoms with Gasteiger partial charge in [0.05, 0.1) is 5.02 Å². The summed E-state index contributed by atoms with van der Waals surface area (Å²) in [5.41, 5.74) is 1.78. The largest absolute Gasteiger partial charge is 0.490 e. The van der Waals surface area contributed by atoms with Crippen molar-refractivity contribution in [1.82, 2.24) is 15.1 Å². The number of ether oxygens (including phenoxy) is 1. The van der Waals surface area contributed by atoms with Crippen LogP contribution in [-0.2, 0) is 24.8 Å². The third kappa shape index (κ3) is 4.73. The van der Waals surface area contributed by atoms with Crippen molar-refractivity contribution >= 4 is 33.1 Å². The first-order valence-electron chi connectivity index (χ1n) is 11.1. The SMILES string of the molecule is CN=[S@]1(=O)C(OC(=O)C(F)(F)F)[C@@](C)(c2cc(-c3cc(-c4ncc(Cl)cn4)no3)ccc2F)N=C(N)C1(C)C. The topological polar surface area (TPSA) is 146 Å². The van der Waals surface area contributed by atoms with Gasteiger partial charge in [-0.25, -0.2) is 27.7 Å². The molecule has 4 rings (SSSR count). The number of benzene rings is 1. The van der Waals surface area contributed by atoms with Crippen LogP contribution in [0.1, 0.15) is 26.3 Å². The highest BCUT2D eigenvalue weighted by Crippen LogP contribution is 2.46. The van der Waals surface area contributed by atoms with E-state index in [1.54, 1.807) is 0 Å². The molecule has 0 amide bonds. The lowest BCUT2D eigenvalue weighted by Crippen LogP contribution is -2.61. The Hall–Kier alpha value is -3.59. The maximum atomic E-state index is 15.4. The van der Waals surface area contributed by atoms with Crippen molar-refractivity contribution in [1.29, 1.82) is 0 Å². The average molecular weight is 589 g/mol. The molecule has 2 aromatic heterocycles. The molecular weight excluding hydrogens is 568 g/mol. The smallest absolute Gasteiger partial charge is 0.438 e. The zero-order valence-electron chi connectivity index (χ0n) is 20.8. The van der Waals surface area contributed by atoms with Crippen LogP contribution in [0.3, 0.4) is 0 Å². The first-order valence-corrected chi connectivity index (χ1v) is 13.0. The van der Waals surface area contributed by atoms with Gasteiger partial charge >= 0.3 is 12.1 Å². The van der Waals surface area contributed by atoms with E-state index in [-0.39, 0.29) is 34.2 Å². The van der Waals surface area contributed by atoms with Crippen LogP contribution in [0.5, 0.6) is 0 Å². The normalized spacial score (nSPS) is 24.6. The maximum absolute atomic E-state index is 15.4. The number of carbonyl (C=O) groups is 1. The predicted molar refractivity (Wildman–Crippen MR) is 133 cm³/mol. The van der Waals surface area contributed by atoms with E-state index in [1.165, 1.54) is 44.4 Å². The molecule has 3 aromatic rings. The van der Waals surface area contributed by atoms with Crippen molar-refractivity contribution in [2.45, 2.75) is 42.7 Å². The van der Waals surface area contributed by atoms with Crippen molar-refractivity contribution < 1.29 is 35.8 Å². The van der Waals surface area contributed by atoms with Gasteiger partial charge in [0.1, 0.15) is 31.7 Å². The summed E-state index contributed by atoms with van der Waals surface area (Å²) in [5.74, 6) is -3.60. The quantitative estimate of drug-likeness (QED) is 0.347. The second-order valence-electron chi connectivity index (χ2n) is 9.14. The number of carbonyl (C=O) groups excluding carboxylic acids is 1. The Labute approximate surface area is 224 Å². The summed E-state index contributed by atoms with van der Waals surface area (Å²) in [5, 5.41) is 4.18. The first kappa shape index (κ1) is 28.4. The van der Waals surface area contributed by atoms with Crippen LogP contribution in [0.4, 0.5) is 17.6 Å². The Morgan fingerprint density at radius 1 is 1.21 bits per heavy atom. The molecule has 1 unspecified atom stereocenters. The average Bonchev–Trinajstić information content (AvgIpc) is 3.36. The fourth-order valence-corrected chi connectivity index (χ4v) is 6.69. The van der Waals surface area contributed by atoms with Crippen molar-refractivity contribution in [2.75, 3.05) is 7.05 Å². The Bertz CT molecular complexity index is 1600. The molecule has 0 aliphatic carbocycles. The summed E-state index contributed by atoms with van der Waals surface area (Å²) in [4.78, 5) is 24.3. The molecule has 1 aliphatic heterocycles. The zero-order valence-corrected chi connectivity index (χ0v) is 22.4. The maximum Gasteiger partial charge on any atom is 0.490 e. The van der Waals surface area contributed by atoms with Gasteiger partial charge in [0.2, 0.25) is 5.44 Å².